The van der Waals surface area contributed by atoms with Gasteiger partial charge >= 0.3 is 0 Å². The van der Waals surface area contributed by atoms with E-state index in [1.54, 1.807) is 13.3 Å². The summed E-state index contributed by atoms with van der Waals surface area (Å²) in [4.78, 5) is 22.1. The third-order valence-electron chi connectivity index (χ3n) is 4.04. The number of hydrogen-bond donors (Lipinski definition) is 1. The van der Waals surface area contributed by atoms with Crippen molar-refractivity contribution in [2.24, 2.45) is 5.92 Å². The molecule has 1 saturated heterocycles. The van der Waals surface area contributed by atoms with Crippen molar-refractivity contribution < 1.29 is 4.79 Å². The second-order valence-corrected chi connectivity index (χ2v) is 6.19. The molecule has 1 aliphatic rings. The van der Waals surface area contributed by atoms with Crippen LogP contribution in [0.2, 0.25) is 5.02 Å². The lowest BCUT2D eigenvalue weighted by Crippen LogP contribution is -2.41. The van der Waals surface area contributed by atoms with Crippen molar-refractivity contribution in [2.75, 3.05) is 24.5 Å². The van der Waals surface area contributed by atoms with Gasteiger partial charge in [0.25, 0.3) is 0 Å². The molecule has 0 spiro atoms. The highest BCUT2D eigenvalue weighted by atomic mass is 35.5. The Hall–Kier alpha value is -1.88. The molecule has 1 aromatic carbocycles. The van der Waals surface area contributed by atoms with Crippen LogP contribution in [0.3, 0.4) is 0 Å². The number of nitrogens with zero attached hydrogens (tertiary/aromatic N) is 3. The Morgan fingerprint density at radius 2 is 2.32 bits per heavy atom. The van der Waals surface area contributed by atoms with Crippen LogP contribution in [0.4, 0.5) is 5.82 Å². The number of anilines is 1. The van der Waals surface area contributed by atoms with Crippen LogP contribution < -0.4 is 10.2 Å². The van der Waals surface area contributed by atoms with Crippen molar-refractivity contribution in [1.82, 2.24) is 15.3 Å². The SMILES string of the molecule is CC(=O)NCC1CCCN(c2ncnc3cc(Cl)ccc23)C1. The minimum Gasteiger partial charge on any atom is -0.356 e. The quantitative estimate of drug-likeness (QED) is 0.945. The number of rotatable bonds is 3. The molecule has 1 aromatic heterocycles. The Balaban J connectivity index is 1.82. The first-order chi connectivity index (χ1) is 10.6. The van der Waals surface area contributed by atoms with Gasteiger partial charge in [0.2, 0.25) is 5.91 Å². The molecule has 1 aliphatic heterocycles. The highest BCUT2D eigenvalue weighted by molar-refractivity contribution is 6.31. The van der Waals surface area contributed by atoms with Gasteiger partial charge in [0.05, 0.1) is 5.52 Å². The number of aromatic nitrogens is 2. The number of halogens is 1. The molecule has 3 rings (SSSR count). The lowest BCUT2D eigenvalue weighted by atomic mass is 9.97. The summed E-state index contributed by atoms with van der Waals surface area (Å²) >= 11 is 6.04. The number of hydrogen-bond acceptors (Lipinski definition) is 4. The van der Waals surface area contributed by atoms with Crippen LogP contribution in [0, 0.1) is 5.92 Å². The van der Waals surface area contributed by atoms with Crippen molar-refractivity contribution in [3.8, 4) is 0 Å². The number of fused-ring (bicyclic) bond motifs is 1. The molecular weight excluding hydrogens is 300 g/mol. The zero-order chi connectivity index (χ0) is 15.5. The normalized spacial score (nSPS) is 18.5. The molecule has 2 aromatic rings. The number of carbonyl (C=O) groups excluding carboxylic acids is 1. The number of nitrogens with one attached hydrogen (secondary N) is 1. The fourth-order valence-electron chi connectivity index (χ4n) is 2.98. The number of carbonyl (C=O) groups is 1. The van der Waals surface area contributed by atoms with Crippen molar-refractivity contribution in [2.45, 2.75) is 19.8 Å². The Labute approximate surface area is 134 Å². The van der Waals surface area contributed by atoms with Crippen LogP contribution >= 0.6 is 11.6 Å². The average molecular weight is 319 g/mol. The minimum absolute atomic E-state index is 0.0271. The number of amides is 1. The van der Waals surface area contributed by atoms with Gasteiger partial charge in [-0.25, -0.2) is 9.97 Å². The lowest BCUT2D eigenvalue weighted by molar-refractivity contribution is -0.119. The molecule has 1 fully saturated rings. The smallest absolute Gasteiger partial charge is 0.216 e. The third-order valence-corrected chi connectivity index (χ3v) is 4.27. The second-order valence-electron chi connectivity index (χ2n) is 5.75. The van der Waals surface area contributed by atoms with E-state index in [1.807, 2.05) is 18.2 Å². The van der Waals surface area contributed by atoms with Gasteiger partial charge in [0, 0.05) is 37.0 Å². The molecule has 1 atom stereocenters. The summed E-state index contributed by atoms with van der Waals surface area (Å²) in [5, 5.41) is 4.62. The molecule has 5 nitrogen and oxygen atoms in total. The van der Waals surface area contributed by atoms with Crippen molar-refractivity contribution in [1.29, 1.82) is 0 Å². The Kier molecular flexibility index (Phi) is 4.43. The first-order valence-corrected chi connectivity index (χ1v) is 7.91. The van der Waals surface area contributed by atoms with E-state index in [-0.39, 0.29) is 5.91 Å². The summed E-state index contributed by atoms with van der Waals surface area (Å²) in [5.74, 6) is 1.43. The molecule has 1 N–H and O–H groups in total. The van der Waals surface area contributed by atoms with E-state index in [9.17, 15) is 4.79 Å². The van der Waals surface area contributed by atoms with E-state index >= 15 is 0 Å². The van der Waals surface area contributed by atoms with Crippen LogP contribution in [-0.4, -0.2) is 35.5 Å². The third kappa shape index (κ3) is 3.30. The molecule has 0 radical (unpaired) electrons. The van der Waals surface area contributed by atoms with Gasteiger partial charge in [-0.2, -0.15) is 0 Å². The first kappa shape index (κ1) is 15.0. The Bertz CT molecular complexity index is 691. The summed E-state index contributed by atoms with van der Waals surface area (Å²) in [6, 6.07) is 5.71. The number of benzene rings is 1. The van der Waals surface area contributed by atoms with Crippen LogP contribution in [0.1, 0.15) is 19.8 Å². The van der Waals surface area contributed by atoms with Crippen molar-refractivity contribution in [3.63, 3.8) is 0 Å². The highest BCUT2D eigenvalue weighted by Crippen LogP contribution is 2.28. The average Bonchev–Trinajstić information content (AvgIpc) is 2.52. The predicted octanol–water partition coefficient (Wildman–Crippen LogP) is 2.64. The lowest BCUT2D eigenvalue weighted by Gasteiger charge is -2.34. The van der Waals surface area contributed by atoms with E-state index in [1.165, 1.54) is 0 Å². The Morgan fingerprint density at radius 1 is 1.45 bits per heavy atom. The van der Waals surface area contributed by atoms with E-state index < -0.39 is 0 Å². The molecule has 2 heterocycles. The maximum atomic E-state index is 11.1. The van der Waals surface area contributed by atoms with Gasteiger partial charge in [-0.05, 0) is 37.0 Å². The maximum Gasteiger partial charge on any atom is 0.216 e. The zero-order valence-electron chi connectivity index (χ0n) is 12.6. The fourth-order valence-corrected chi connectivity index (χ4v) is 3.15. The van der Waals surface area contributed by atoms with Crippen LogP contribution in [0.15, 0.2) is 24.5 Å². The van der Waals surface area contributed by atoms with Crippen LogP contribution in [-0.2, 0) is 4.79 Å². The van der Waals surface area contributed by atoms with Crippen LogP contribution in [0.5, 0.6) is 0 Å². The van der Waals surface area contributed by atoms with Gasteiger partial charge in [-0.3, -0.25) is 4.79 Å². The van der Waals surface area contributed by atoms with E-state index in [2.05, 4.69) is 20.2 Å². The molecule has 0 saturated carbocycles. The number of piperidine rings is 1. The first-order valence-electron chi connectivity index (χ1n) is 7.53. The summed E-state index contributed by atoms with van der Waals surface area (Å²) in [6.45, 7) is 4.16. The van der Waals surface area contributed by atoms with Crippen molar-refractivity contribution in [3.05, 3.63) is 29.5 Å². The molecule has 0 aliphatic carbocycles. The summed E-state index contributed by atoms with van der Waals surface area (Å²) in [6.07, 6.45) is 3.82. The summed E-state index contributed by atoms with van der Waals surface area (Å²) in [5.41, 5.74) is 0.862. The monoisotopic (exact) mass is 318 g/mol. The predicted molar refractivity (Wildman–Crippen MR) is 88.2 cm³/mol. The molecule has 22 heavy (non-hydrogen) atoms. The largest absolute Gasteiger partial charge is 0.356 e. The fraction of sp³-hybridized carbons (Fsp3) is 0.438. The molecule has 1 amide bonds. The molecule has 116 valence electrons. The molecule has 1 unspecified atom stereocenters. The van der Waals surface area contributed by atoms with E-state index in [0.29, 0.717) is 10.9 Å². The Morgan fingerprint density at radius 3 is 3.14 bits per heavy atom. The second kappa shape index (κ2) is 6.48. The summed E-state index contributed by atoms with van der Waals surface area (Å²) < 4.78 is 0. The van der Waals surface area contributed by atoms with Gasteiger partial charge in [-0.15, -0.1) is 0 Å². The van der Waals surface area contributed by atoms with Gasteiger partial charge in [-0.1, -0.05) is 11.6 Å². The summed E-state index contributed by atoms with van der Waals surface area (Å²) in [7, 11) is 0. The zero-order valence-corrected chi connectivity index (χ0v) is 13.3. The van der Waals surface area contributed by atoms with Gasteiger partial charge in [0.15, 0.2) is 0 Å². The van der Waals surface area contributed by atoms with E-state index in [4.69, 9.17) is 11.6 Å². The van der Waals surface area contributed by atoms with Gasteiger partial charge in [0.1, 0.15) is 12.1 Å². The molecular formula is C16H19ClN4O. The molecule has 0 bridgehead atoms. The minimum atomic E-state index is 0.0271. The topological polar surface area (TPSA) is 58.1 Å². The van der Waals surface area contributed by atoms with Crippen LogP contribution in [0.25, 0.3) is 10.9 Å². The highest BCUT2D eigenvalue weighted by Gasteiger charge is 2.22. The standard InChI is InChI=1S/C16H19ClN4O/c1-11(22)18-8-12-3-2-6-21(9-12)16-14-5-4-13(17)7-15(14)19-10-20-16/h4-5,7,10,12H,2-3,6,8-9H2,1H3,(H,18,22). The maximum absolute atomic E-state index is 11.1. The molecule has 6 heteroatoms. The van der Waals surface area contributed by atoms with Crippen molar-refractivity contribution >= 4 is 34.2 Å². The van der Waals surface area contributed by atoms with Gasteiger partial charge < -0.3 is 10.2 Å². The van der Waals surface area contributed by atoms with E-state index in [0.717, 1.165) is 49.2 Å².